The molecule has 2 atom stereocenters. The minimum Gasteiger partial charge on any atom is -0.489 e. The molecule has 1 heterocycles. The Kier molecular flexibility index (Phi) is 7.52. The Bertz CT molecular complexity index is 539. The van der Waals surface area contributed by atoms with Gasteiger partial charge in [-0.15, -0.1) is 0 Å². The number of hydrogen-bond acceptors (Lipinski definition) is 4. The molecular formula is C19H31N3O3. The molecule has 140 valence electrons. The minimum absolute atomic E-state index is 0.00359. The van der Waals surface area contributed by atoms with Crippen LogP contribution in [0.3, 0.4) is 0 Å². The summed E-state index contributed by atoms with van der Waals surface area (Å²) < 4.78 is 11.4. The molecule has 1 aromatic rings. The van der Waals surface area contributed by atoms with E-state index in [2.05, 4.69) is 22.5 Å². The molecule has 0 radical (unpaired) electrons. The summed E-state index contributed by atoms with van der Waals surface area (Å²) in [6, 6.07) is 8.05. The van der Waals surface area contributed by atoms with Crippen molar-refractivity contribution in [3.63, 3.8) is 0 Å². The maximum Gasteiger partial charge on any atom is 0.191 e. The highest BCUT2D eigenvalue weighted by molar-refractivity contribution is 5.79. The number of benzene rings is 1. The fourth-order valence-corrected chi connectivity index (χ4v) is 2.93. The number of hydrogen-bond donors (Lipinski definition) is 3. The highest BCUT2D eigenvalue weighted by Gasteiger charge is 2.34. The van der Waals surface area contributed by atoms with Crippen LogP contribution in [0.25, 0.3) is 0 Å². The predicted octanol–water partition coefficient (Wildman–Crippen LogP) is 1.72. The number of nitrogens with one attached hydrogen (secondary N) is 2. The molecule has 1 fully saturated rings. The van der Waals surface area contributed by atoms with Gasteiger partial charge in [-0.1, -0.05) is 17.7 Å². The summed E-state index contributed by atoms with van der Waals surface area (Å²) in [5.74, 6) is 1.61. The molecule has 0 bridgehead atoms. The van der Waals surface area contributed by atoms with E-state index in [-0.39, 0.29) is 18.1 Å². The first-order chi connectivity index (χ1) is 12.1. The zero-order valence-corrected chi connectivity index (χ0v) is 15.5. The molecule has 1 aliphatic rings. The van der Waals surface area contributed by atoms with Gasteiger partial charge >= 0.3 is 0 Å². The first-order valence-corrected chi connectivity index (χ1v) is 8.93. The van der Waals surface area contributed by atoms with E-state index in [1.807, 2.05) is 31.2 Å². The zero-order chi connectivity index (χ0) is 18.1. The highest BCUT2D eigenvalue weighted by Crippen LogP contribution is 2.31. The second-order valence-electron chi connectivity index (χ2n) is 6.82. The number of aryl methyl sites for hydroxylation is 1. The van der Waals surface area contributed by atoms with E-state index in [4.69, 9.17) is 9.47 Å². The molecular weight excluding hydrogens is 318 g/mol. The van der Waals surface area contributed by atoms with Gasteiger partial charge in [0.2, 0.25) is 0 Å². The van der Waals surface area contributed by atoms with Crippen LogP contribution in [0, 0.1) is 12.3 Å². The minimum atomic E-state index is -0.00359. The molecule has 1 aromatic carbocycles. The fourth-order valence-electron chi connectivity index (χ4n) is 2.93. The largest absolute Gasteiger partial charge is 0.489 e. The van der Waals surface area contributed by atoms with Crippen molar-refractivity contribution >= 4 is 5.96 Å². The lowest BCUT2D eigenvalue weighted by molar-refractivity contribution is 0.127. The first kappa shape index (κ1) is 19.5. The molecule has 1 aliphatic heterocycles. The maximum atomic E-state index is 9.30. The molecule has 0 saturated carbocycles. The molecule has 6 heteroatoms. The van der Waals surface area contributed by atoms with E-state index < -0.39 is 0 Å². The standard InChI is InChI=1S/C19H31N3O3/c1-15-4-6-17(7-5-15)25-16(2)12-21-18(20-3)22-13-19(8-10-23)9-11-24-14-19/h4-7,16,23H,8-14H2,1-3H3,(H2,20,21,22). The normalized spacial score (nSPS) is 21.8. The van der Waals surface area contributed by atoms with Gasteiger partial charge in [-0.25, -0.2) is 0 Å². The lowest BCUT2D eigenvalue weighted by Gasteiger charge is -2.28. The topological polar surface area (TPSA) is 75.1 Å². The van der Waals surface area contributed by atoms with Crippen LogP contribution in [0.2, 0.25) is 0 Å². The van der Waals surface area contributed by atoms with Gasteiger partial charge < -0.3 is 25.2 Å². The Morgan fingerprint density at radius 3 is 2.72 bits per heavy atom. The van der Waals surface area contributed by atoms with E-state index >= 15 is 0 Å². The van der Waals surface area contributed by atoms with Gasteiger partial charge in [-0.3, -0.25) is 4.99 Å². The SMILES string of the molecule is CN=C(NCC(C)Oc1ccc(C)cc1)NCC1(CCO)CCOC1. The summed E-state index contributed by atoms with van der Waals surface area (Å²) >= 11 is 0. The van der Waals surface area contributed by atoms with Crippen molar-refractivity contribution in [2.75, 3.05) is 40.0 Å². The van der Waals surface area contributed by atoms with Crippen molar-refractivity contribution in [1.29, 1.82) is 0 Å². The van der Waals surface area contributed by atoms with Crippen molar-refractivity contribution < 1.29 is 14.6 Å². The summed E-state index contributed by atoms with van der Waals surface area (Å²) in [5, 5.41) is 16.0. The second-order valence-corrected chi connectivity index (χ2v) is 6.82. The third-order valence-corrected chi connectivity index (χ3v) is 4.60. The smallest absolute Gasteiger partial charge is 0.191 e. The lowest BCUT2D eigenvalue weighted by atomic mass is 9.84. The zero-order valence-electron chi connectivity index (χ0n) is 15.5. The number of aliphatic hydroxyl groups is 1. The van der Waals surface area contributed by atoms with E-state index in [9.17, 15) is 5.11 Å². The van der Waals surface area contributed by atoms with E-state index in [1.54, 1.807) is 7.05 Å². The number of ether oxygens (including phenoxy) is 2. The highest BCUT2D eigenvalue weighted by atomic mass is 16.5. The summed E-state index contributed by atoms with van der Waals surface area (Å²) in [6.07, 6.45) is 1.72. The molecule has 2 unspecified atom stereocenters. The second kappa shape index (κ2) is 9.63. The van der Waals surface area contributed by atoms with E-state index in [0.29, 0.717) is 13.2 Å². The Balaban J connectivity index is 1.76. The van der Waals surface area contributed by atoms with Crippen LogP contribution in [-0.4, -0.2) is 57.1 Å². The summed E-state index contributed by atoms with van der Waals surface area (Å²) in [4.78, 5) is 4.27. The Morgan fingerprint density at radius 1 is 1.36 bits per heavy atom. The van der Waals surface area contributed by atoms with Crippen LogP contribution < -0.4 is 15.4 Å². The van der Waals surface area contributed by atoms with Crippen LogP contribution in [0.15, 0.2) is 29.3 Å². The number of aliphatic hydroxyl groups excluding tert-OH is 1. The van der Waals surface area contributed by atoms with Crippen LogP contribution >= 0.6 is 0 Å². The molecule has 3 N–H and O–H groups in total. The quantitative estimate of drug-likeness (QED) is 0.492. The Labute approximate surface area is 150 Å². The van der Waals surface area contributed by atoms with Gasteiger partial charge in [-0.05, 0) is 38.8 Å². The third-order valence-electron chi connectivity index (χ3n) is 4.60. The van der Waals surface area contributed by atoms with Crippen molar-refractivity contribution in [2.24, 2.45) is 10.4 Å². The molecule has 0 amide bonds. The lowest BCUT2D eigenvalue weighted by Crippen LogP contribution is -2.46. The Hall–Kier alpha value is -1.79. The van der Waals surface area contributed by atoms with Crippen molar-refractivity contribution in [2.45, 2.75) is 32.8 Å². The summed E-state index contributed by atoms with van der Waals surface area (Å²) in [7, 11) is 1.75. The average molecular weight is 349 g/mol. The van der Waals surface area contributed by atoms with Crippen LogP contribution in [0.4, 0.5) is 0 Å². The number of rotatable bonds is 8. The molecule has 25 heavy (non-hydrogen) atoms. The van der Waals surface area contributed by atoms with Gasteiger partial charge in [0.05, 0.1) is 13.2 Å². The van der Waals surface area contributed by atoms with Crippen LogP contribution in [-0.2, 0) is 4.74 Å². The molecule has 0 aliphatic carbocycles. The molecule has 0 aromatic heterocycles. The number of nitrogens with zero attached hydrogens (tertiary/aromatic N) is 1. The third kappa shape index (κ3) is 6.21. The van der Waals surface area contributed by atoms with Crippen LogP contribution in [0.1, 0.15) is 25.3 Å². The Morgan fingerprint density at radius 2 is 2.12 bits per heavy atom. The number of aliphatic imine (C=N–C) groups is 1. The van der Waals surface area contributed by atoms with Crippen molar-refractivity contribution in [1.82, 2.24) is 10.6 Å². The van der Waals surface area contributed by atoms with Crippen LogP contribution in [0.5, 0.6) is 5.75 Å². The molecule has 1 saturated heterocycles. The predicted molar refractivity (Wildman–Crippen MR) is 100 cm³/mol. The molecule has 0 spiro atoms. The average Bonchev–Trinajstić information content (AvgIpc) is 3.06. The molecule has 6 nitrogen and oxygen atoms in total. The summed E-state index contributed by atoms with van der Waals surface area (Å²) in [5.41, 5.74) is 1.21. The van der Waals surface area contributed by atoms with E-state index in [1.165, 1.54) is 5.56 Å². The van der Waals surface area contributed by atoms with Crippen molar-refractivity contribution in [3.8, 4) is 5.75 Å². The van der Waals surface area contributed by atoms with Gasteiger partial charge in [-0.2, -0.15) is 0 Å². The first-order valence-electron chi connectivity index (χ1n) is 8.93. The summed E-state index contributed by atoms with van der Waals surface area (Å²) in [6.45, 7) is 7.09. The van der Waals surface area contributed by atoms with Gasteiger partial charge in [0, 0.05) is 32.2 Å². The maximum absolute atomic E-state index is 9.30. The fraction of sp³-hybridized carbons (Fsp3) is 0.632. The van der Waals surface area contributed by atoms with E-state index in [0.717, 1.165) is 37.7 Å². The molecule has 2 rings (SSSR count). The monoisotopic (exact) mass is 349 g/mol. The van der Waals surface area contributed by atoms with Gasteiger partial charge in [0.15, 0.2) is 5.96 Å². The van der Waals surface area contributed by atoms with Gasteiger partial charge in [0.25, 0.3) is 0 Å². The van der Waals surface area contributed by atoms with Gasteiger partial charge in [0.1, 0.15) is 11.9 Å². The number of guanidine groups is 1. The van der Waals surface area contributed by atoms with Crippen molar-refractivity contribution in [3.05, 3.63) is 29.8 Å².